The van der Waals surface area contributed by atoms with Crippen LogP contribution in [0.3, 0.4) is 0 Å². The maximum absolute atomic E-state index is 13.6. The van der Waals surface area contributed by atoms with Gasteiger partial charge in [0.05, 0.1) is 47.5 Å². The number of aromatic hydroxyl groups is 2. The van der Waals surface area contributed by atoms with Gasteiger partial charge in [-0.25, -0.2) is 0 Å². The molecule has 0 amide bonds. The molecule has 7 atom stereocenters. The van der Waals surface area contributed by atoms with E-state index in [4.69, 9.17) is 14.2 Å². The molecule has 32 heavy (non-hydrogen) atoms. The fraction of sp³-hybridized carbons (Fsp3) is 0.500. The van der Waals surface area contributed by atoms with E-state index in [1.54, 1.807) is 6.92 Å². The van der Waals surface area contributed by atoms with Crippen molar-refractivity contribution in [2.45, 2.75) is 68.9 Å². The summed E-state index contributed by atoms with van der Waals surface area (Å²) < 4.78 is 16.7. The second kappa shape index (κ2) is 5.96. The summed E-state index contributed by atoms with van der Waals surface area (Å²) in [6, 6.07) is 0. The van der Waals surface area contributed by atoms with Crippen LogP contribution in [-0.4, -0.2) is 68.5 Å². The number of carbonyl (C=O) groups excluding carboxylic acids is 3. The molecule has 2 aliphatic carbocycles. The molecule has 4 heterocycles. The van der Waals surface area contributed by atoms with Crippen molar-refractivity contribution >= 4 is 17.5 Å². The Morgan fingerprint density at radius 3 is 2.31 bits per heavy atom. The summed E-state index contributed by atoms with van der Waals surface area (Å²) >= 11 is 0. The molecule has 2 bridgehead atoms. The number of carbonyl (C=O) groups is 3. The average molecular weight is 444 g/mol. The first kappa shape index (κ1) is 19.9. The van der Waals surface area contributed by atoms with Crippen LogP contribution in [0.5, 0.6) is 11.5 Å². The lowest BCUT2D eigenvalue weighted by Crippen LogP contribution is -2.58. The highest BCUT2D eigenvalue weighted by molar-refractivity contribution is 6.30. The second-order valence-electron chi connectivity index (χ2n) is 9.00. The Balaban J connectivity index is 1.64. The minimum absolute atomic E-state index is 0.0302. The zero-order chi connectivity index (χ0) is 22.9. The van der Waals surface area contributed by atoms with Crippen molar-refractivity contribution in [2.75, 3.05) is 0 Å². The Labute approximate surface area is 181 Å². The van der Waals surface area contributed by atoms with Gasteiger partial charge in [0.15, 0.2) is 17.7 Å². The highest BCUT2D eigenvalue weighted by Crippen LogP contribution is 2.59. The van der Waals surface area contributed by atoms with Gasteiger partial charge in [-0.2, -0.15) is 0 Å². The van der Waals surface area contributed by atoms with E-state index in [0.29, 0.717) is 0 Å². The molecule has 10 heteroatoms. The Kier molecular flexibility index (Phi) is 3.70. The van der Waals surface area contributed by atoms with Crippen molar-refractivity contribution in [3.63, 3.8) is 0 Å². The lowest BCUT2D eigenvalue weighted by molar-refractivity contribution is -0.246. The highest BCUT2D eigenvalue weighted by atomic mass is 16.6. The van der Waals surface area contributed by atoms with Gasteiger partial charge in [-0.05, 0) is 13.8 Å². The number of hydrogen-bond donors (Lipinski definition) is 4. The Hall–Kier alpha value is -2.79. The van der Waals surface area contributed by atoms with E-state index < -0.39 is 82.4 Å². The molecule has 1 aromatic rings. The number of ether oxygens (including phenoxy) is 3. The lowest BCUT2D eigenvalue weighted by Gasteiger charge is -2.52. The molecule has 7 rings (SSSR count). The van der Waals surface area contributed by atoms with Gasteiger partial charge in [0.2, 0.25) is 0 Å². The van der Waals surface area contributed by atoms with Crippen molar-refractivity contribution in [3.8, 4) is 11.5 Å². The van der Waals surface area contributed by atoms with Gasteiger partial charge < -0.3 is 34.6 Å². The van der Waals surface area contributed by atoms with Crippen molar-refractivity contribution in [2.24, 2.45) is 0 Å². The Bertz CT molecular complexity index is 1170. The van der Waals surface area contributed by atoms with E-state index in [-0.39, 0.29) is 35.1 Å². The van der Waals surface area contributed by atoms with Gasteiger partial charge in [0, 0.05) is 23.1 Å². The number of aliphatic hydroxyl groups excluding tert-OH is 1. The summed E-state index contributed by atoms with van der Waals surface area (Å²) in [5, 5.41) is 44.1. The van der Waals surface area contributed by atoms with Crippen LogP contribution in [-0.2, 0) is 24.6 Å². The van der Waals surface area contributed by atoms with E-state index in [9.17, 15) is 34.8 Å². The SMILES string of the molecule is C[C@@H]1O[C@H]2CC(=O)O[C@H]2C2=C1C(=O)c1c(O)c3c(c(O)c1C2=O)[C@@H]1C[C@H](O)[C@]3(O)[C@H](C)O1. The first-order valence-corrected chi connectivity index (χ1v) is 10.4. The Morgan fingerprint density at radius 2 is 1.62 bits per heavy atom. The minimum atomic E-state index is -2.08. The monoisotopic (exact) mass is 444 g/mol. The van der Waals surface area contributed by atoms with Gasteiger partial charge in [0.25, 0.3) is 0 Å². The standard InChI is InChI=1S/C22H20O10/c1-5-11-15(21-8(30-5)4-10(24)32-21)19(27)13-14(17(11)25)20(28)16-12(18(13)26)7-3-9(23)22(16,29)6(2)31-7/h5-9,21,23,26,28-29H,3-4H2,1-2H3/t5-,6-,7-,8-,9-,21+,22+/m0/s1. The molecule has 0 unspecified atom stereocenters. The first-order valence-electron chi connectivity index (χ1n) is 10.4. The normalized spacial score (nSPS) is 39.4. The molecule has 2 saturated heterocycles. The van der Waals surface area contributed by atoms with Crippen LogP contribution in [0.2, 0.25) is 0 Å². The van der Waals surface area contributed by atoms with Crippen molar-refractivity contribution in [1.82, 2.24) is 0 Å². The maximum Gasteiger partial charge on any atom is 0.309 e. The molecule has 0 radical (unpaired) electrons. The van der Waals surface area contributed by atoms with Crippen LogP contribution in [0, 0.1) is 0 Å². The quantitative estimate of drug-likeness (QED) is 0.323. The number of Topliss-reactive ketones (excluding diaryl/α,β-unsaturated/α-hetero) is 2. The third-order valence-corrected chi connectivity index (χ3v) is 7.41. The number of phenols is 2. The number of phenolic OH excluding ortho intramolecular Hbond substituents is 2. The summed E-state index contributed by atoms with van der Waals surface area (Å²) in [7, 11) is 0. The summed E-state index contributed by atoms with van der Waals surface area (Å²) in [6.45, 7) is 3.06. The van der Waals surface area contributed by atoms with Gasteiger partial charge >= 0.3 is 5.97 Å². The number of ketones is 2. The molecule has 168 valence electrons. The van der Waals surface area contributed by atoms with Crippen LogP contribution in [0.4, 0.5) is 0 Å². The number of hydrogen-bond acceptors (Lipinski definition) is 10. The van der Waals surface area contributed by atoms with E-state index >= 15 is 0 Å². The van der Waals surface area contributed by atoms with Crippen LogP contribution in [0.25, 0.3) is 0 Å². The lowest BCUT2D eigenvalue weighted by atomic mass is 9.66. The first-order chi connectivity index (χ1) is 15.1. The smallest absolute Gasteiger partial charge is 0.309 e. The fourth-order valence-corrected chi connectivity index (χ4v) is 5.95. The highest BCUT2D eigenvalue weighted by Gasteiger charge is 2.60. The summed E-state index contributed by atoms with van der Waals surface area (Å²) in [6.07, 6.45) is -5.98. The molecule has 1 aromatic carbocycles. The van der Waals surface area contributed by atoms with Gasteiger partial charge in [-0.15, -0.1) is 0 Å². The van der Waals surface area contributed by atoms with Gasteiger partial charge in [-0.3, -0.25) is 14.4 Å². The largest absolute Gasteiger partial charge is 0.507 e. The summed E-state index contributed by atoms with van der Waals surface area (Å²) in [5.74, 6) is -3.38. The summed E-state index contributed by atoms with van der Waals surface area (Å²) in [4.78, 5) is 39.0. The topological polar surface area (TPSA) is 160 Å². The average Bonchev–Trinajstić information content (AvgIpc) is 3.09. The number of rotatable bonds is 0. The third kappa shape index (κ3) is 2.06. The zero-order valence-electron chi connectivity index (χ0n) is 17.1. The molecule has 0 saturated carbocycles. The predicted molar refractivity (Wildman–Crippen MR) is 102 cm³/mol. The molecular weight excluding hydrogens is 424 g/mol. The predicted octanol–water partition coefficient (Wildman–Crippen LogP) is 0.288. The van der Waals surface area contributed by atoms with Gasteiger partial charge in [-0.1, -0.05) is 0 Å². The van der Waals surface area contributed by atoms with Crippen molar-refractivity contribution in [1.29, 1.82) is 0 Å². The number of fused-ring (bicyclic) bond motifs is 5. The maximum atomic E-state index is 13.6. The molecule has 4 N–H and O–H groups in total. The molecule has 6 aliphatic rings. The van der Waals surface area contributed by atoms with E-state index in [0.717, 1.165) is 0 Å². The van der Waals surface area contributed by atoms with Crippen molar-refractivity contribution in [3.05, 3.63) is 33.4 Å². The molecule has 10 nitrogen and oxygen atoms in total. The number of benzene rings is 1. The molecule has 0 aromatic heterocycles. The van der Waals surface area contributed by atoms with Crippen LogP contribution >= 0.6 is 0 Å². The van der Waals surface area contributed by atoms with Crippen LogP contribution in [0.1, 0.15) is 64.6 Å². The molecule has 2 fully saturated rings. The van der Waals surface area contributed by atoms with Gasteiger partial charge in [0.1, 0.15) is 23.2 Å². The Morgan fingerprint density at radius 1 is 0.969 bits per heavy atom. The number of esters is 1. The van der Waals surface area contributed by atoms with E-state index in [1.165, 1.54) is 6.92 Å². The molecule has 0 spiro atoms. The van der Waals surface area contributed by atoms with Crippen molar-refractivity contribution < 1.29 is 49.0 Å². The zero-order valence-corrected chi connectivity index (χ0v) is 17.1. The van der Waals surface area contributed by atoms with Crippen LogP contribution in [0.15, 0.2) is 11.1 Å². The van der Waals surface area contributed by atoms with E-state index in [2.05, 4.69) is 0 Å². The second-order valence-corrected chi connectivity index (χ2v) is 9.00. The summed E-state index contributed by atoms with van der Waals surface area (Å²) in [5.41, 5.74) is -3.36. The number of aliphatic hydroxyl groups is 2. The van der Waals surface area contributed by atoms with E-state index in [1.807, 2.05) is 0 Å². The minimum Gasteiger partial charge on any atom is -0.507 e. The third-order valence-electron chi connectivity index (χ3n) is 7.41. The molecular formula is C22H20O10. The fourth-order valence-electron chi connectivity index (χ4n) is 5.95. The molecule has 4 aliphatic heterocycles. The van der Waals surface area contributed by atoms with Crippen LogP contribution < -0.4 is 0 Å².